The molecule has 6 unspecified atom stereocenters. The first-order valence-corrected chi connectivity index (χ1v) is 10.8. The van der Waals surface area contributed by atoms with Gasteiger partial charge < -0.3 is 0 Å². The van der Waals surface area contributed by atoms with Crippen LogP contribution in [0.25, 0.3) is 0 Å². The summed E-state index contributed by atoms with van der Waals surface area (Å²) in [7, 11) is 0. The van der Waals surface area contributed by atoms with Crippen LogP contribution in [0, 0.1) is 29.1 Å². The van der Waals surface area contributed by atoms with Crippen molar-refractivity contribution in [2.24, 2.45) is 29.1 Å². The molecule has 6 atom stereocenters. The zero-order valence-corrected chi connectivity index (χ0v) is 16.6. The van der Waals surface area contributed by atoms with Crippen molar-refractivity contribution in [1.82, 2.24) is 0 Å². The molecule has 0 N–H and O–H groups in total. The van der Waals surface area contributed by atoms with E-state index < -0.39 is 0 Å². The Hall–Kier alpha value is -0.570. The van der Waals surface area contributed by atoms with Crippen molar-refractivity contribution in [2.75, 3.05) is 0 Å². The highest BCUT2D eigenvalue weighted by atomic mass is 32.1. The van der Waals surface area contributed by atoms with Crippen molar-refractivity contribution in [1.29, 1.82) is 0 Å². The fourth-order valence-electron chi connectivity index (χ4n) is 7.13. The minimum absolute atomic E-state index is 0.0519. The summed E-state index contributed by atoms with van der Waals surface area (Å²) in [5.41, 5.74) is 1.53. The number of fused-ring (bicyclic) bond motifs is 5. The molecule has 4 aliphatic carbocycles. The normalized spacial score (nSPS) is 46.0. The third-order valence-electron chi connectivity index (χ3n) is 8.33. The van der Waals surface area contributed by atoms with Gasteiger partial charge in [0.05, 0.1) is 0 Å². The summed E-state index contributed by atoms with van der Waals surface area (Å²) in [5, 5.41) is 0. The molecule has 0 aromatic rings. The van der Waals surface area contributed by atoms with Gasteiger partial charge in [0.15, 0.2) is 5.78 Å². The first-order valence-electron chi connectivity index (χ1n) is 10.4. The SMILES string of the molecule is CCCC(=O)C1CCC2C3CCC4=CC(=O)CCC4(S)C3CCC12C. The van der Waals surface area contributed by atoms with E-state index >= 15 is 0 Å². The number of ketones is 2. The average molecular weight is 361 g/mol. The fourth-order valence-corrected chi connectivity index (χ4v) is 7.74. The second-order valence-corrected chi connectivity index (χ2v) is 10.2. The van der Waals surface area contributed by atoms with E-state index in [4.69, 9.17) is 12.6 Å². The lowest BCUT2D eigenvalue weighted by Crippen LogP contribution is -2.53. The fraction of sp³-hybridized carbons (Fsp3) is 0.818. The molecule has 2 nitrogen and oxygen atoms in total. The third kappa shape index (κ3) is 2.59. The number of carbonyl (C=O) groups excluding carboxylic acids is 2. The molecule has 0 spiro atoms. The number of Topliss-reactive ketones (excluding diaryl/α,β-unsaturated/α-hetero) is 1. The van der Waals surface area contributed by atoms with E-state index in [1.807, 2.05) is 6.08 Å². The summed E-state index contributed by atoms with van der Waals surface area (Å²) >= 11 is 5.20. The van der Waals surface area contributed by atoms with E-state index in [0.717, 1.165) is 32.1 Å². The van der Waals surface area contributed by atoms with Gasteiger partial charge in [0.2, 0.25) is 0 Å². The molecule has 25 heavy (non-hydrogen) atoms. The van der Waals surface area contributed by atoms with Gasteiger partial charge in [0, 0.05) is 23.5 Å². The van der Waals surface area contributed by atoms with Crippen molar-refractivity contribution in [3.63, 3.8) is 0 Å². The summed E-state index contributed by atoms with van der Waals surface area (Å²) in [6.07, 6.45) is 12.1. The van der Waals surface area contributed by atoms with Gasteiger partial charge >= 0.3 is 0 Å². The summed E-state index contributed by atoms with van der Waals surface area (Å²) in [4.78, 5) is 24.6. The largest absolute Gasteiger partial charge is 0.299 e. The Bertz CT molecular complexity index is 624. The minimum Gasteiger partial charge on any atom is -0.299 e. The van der Waals surface area contributed by atoms with Crippen molar-refractivity contribution >= 4 is 24.2 Å². The van der Waals surface area contributed by atoms with Gasteiger partial charge in [0.1, 0.15) is 5.78 Å². The molecule has 4 rings (SSSR count). The maximum atomic E-state index is 12.7. The Morgan fingerprint density at radius 3 is 2.72 bits per heavy atom. The van der Waals surface area contributed by atoms with Crippen LogP contribution in [-0.4, -0.2) is 16.3 Å². The van der Waals surface area contributed by atoms with Crippen LogP contribution in [-0.2, 0) is 9.59 Å². The van der Waals surface area contributed by atoms with E-state index in [1.54, 1.807) is 0 Å². The Balaban J connectivity index is 1.61. The van der Waals surface area contributed by atoms with Crippen LogP contribution in [0.15, 0.2) is 11.6 Å². The van der Waals surface area contributed by atoms with Crippen molar-refractivity contribution in [3.8, 4) is 0 Å². The molecule has 3 fully saturated rings. The first-order chi connectivity index (χ1) is 11.9. The van der Waals surface area contributed by atoms with Crippen molar-refractivity contribution in [2.45, 2.75) is 82.8 Å². The molecule has 0 heterocycles. The molecule has 0 aromatic carbocycles. The van der Waals surface area contributed by atoms with E-state index in [9.17, 15) is 9.59 Å². The predicted octanol–water partition coefficient (Wildman–Crippen LogP) is 5.17. The predicted molar refractivity (Wildman–Crippen MR) is 104 cm³/mol. The second kappa shape index (κ2) is 6.25. The Kier molecular flexibility index (Phi) is 4.46. The summed E-state index contributed by atoms with van der Waals surface area (Å²) in [5.74, 6) is 3.08. The van der Waals surface area contributed by atoms with Gasteiger partial charge in [-0.2, -0.15) is 12.6 Å². The number of hydrogen-bond acceptors (Lipinski definition) is 3. The molecule has 3 saturated carbocycles. The molecule has 0 radical (unpaired) electrons. The van der Waals surface area contributed by atoms with E-state index in [2.05, 4.69) is 13.8 Å². The Labute approximate surface area is 157 Å². The van der Waals surface area contributed by atoms with Crippen LogP contribution in [0.5, 0.6) is 0 Å². The van der Waals surface area contributed by atoms with Gasteiger partial charge in [-0.05, 0) is 80.6 Å². The summed E-state index contributed by atoms with van der Waals surface area (Å²) in [6.45, 7) is 4.54. The van der Waals surface area contributed by atoms with Crippen LogP contribution in [0.4, 0.5) is 0 Å². The van der Waals surface area contributed by atoms with Crippen LogP contribution in [0.2, 0.25) is 0 Å². The Morgan fingerprint density at radius 2 is 1.96 bits per heavy atom. The molecule has 3 heteroatoms. The van der Waals surface area contributed by atoms with E-state index in [-0.39, 0.29) is 10.2 Å². The molecule has 4 aliphatic rings. The van der Waals surface area contributed by atoms with Gasteiger partial charge in [-0.3, -0.25) is 9.59 Å². The smallest absolute Gasteiger partial charge is 0.155 e. The second-order valence-electron chi connectivity index (χ2n) is 9.37. The molecule has 0 aromatic heterocycles. The molecule has 0 saturated heterocycles. The van der Waals surface area contributed by atoms with E-state index in [1.165, 1.54) is 31.3 Å². The number of rotatable bonds is 3. The molecule has 0 aliphatic heterocycles. The highest BCUT2D eigenvalue weighted by Gasteiger charge is 2.60. The standard InChI is InChI=1S/C22H32O2S/c1-3-4-20(24)19-8-7-17-16-6-5-14-13-15(23)9-12-22(14,25)18(16)10-11-21(17,19)2/h13,16-19,25H,3-12H2,1-2H3. The maximum absolute atomic E-state index is 12.7. The van der Waals surface area contributed by atoms with Gasteiger partial charge in [-0.15, -0.1) is 0 Å². The van der Waals surface area contributed by atoms with Crippen molar-refractivity contribution in [3.05, 3.63) is 11.6 Å². The number of carbonyl (C=O) groups is 2. The van der Waals surface area contributed by atoms with Gasteiger partial charge in [0.25, 0.3) is 0 Å². The van der Waals surface area contributed by atoms with Crippen LogP contribution >= 0.6 is 12.6 Å². The van der Waals surface area contributed by atoms with Gasteiger partial charge in [-0.25, -0.2) is 0 Å². The van der Waals surface area contributed by atoms with Crippen LogP contribution in [0.3, 0.4) is 0 Å². The average Bonchev–Trinajstić information content (AvgIpc) is 2.93. The zero-order valence-electron chi connectivity index (χ0n) is 15.7. The maximum Gasteiger partial charge on any atom is 0.155 e. The van der Waals surface area contributed by atoms with Crippen LogP contribution < -0.4 is 0 Å². The number of thiol groups is 1. The lowest BCUT2D eigenvalue weighted by Gasteiger charge is -2.57. The van der Waals surface area contributed by atoms with Gasteiger partial charge in [-0.1, -0.05) is 19.4 Å². The molecule has 0 bridgehead atoms. The summed E-state index contributed by atoms with van der Waals surface area (Å²) in [6, 6.07) is 0. The molecular formula is C22H32O2S. The van der Waals surface area contributed by atoms with Crippen molar-refractivity contribution < 1.29 is 9.59 Å². The lowest BCUT2D eigenvalue weighted by atomic mass is 9.50. The Morgan fingerprint density at radius 1 is 1.16 bits per heavy atom. The highest BCUT2D eigenvalue weighted by Crippen LogP contribution is 2.65. The minimum atomic E-state index is -0.0519. The third-order valence-corrected chi connectivity index (χ3v) is 9.17. The summed E-state index contributed by atoms with van der Waals surface area (Å²) < 4.78 is -0.0519. The lowest BCUT2D eigenvalue weighted by molar-refractivity contribution is -0.129. The topological polar surface area (TPSA) is 34.1 Å². The zero-order chi connectivity index (χ0) is 17.8. The number of hydrogen-bond donors (Lipinski definition) is 1. The highest BCUT2D eigenvalue weighted by molar-refractivity contribution is 7.82. The first kappa shape index (κ1) is 17.8. The molecule has 0 amide bonds. The molecular weight excluding hydrogens is 328 g/mol. The van der Waals surface area contributed by atoms with Crippen LogP contribution in [0.1, 0.15) is 78.1 Å². The monoisotopic (exact) mass is 360 g/mol. The quantitative estimate of drug-likeness (QED) is 0.705. The van der Waals surface area contributed by atoms with E-state index in [0.29, 0.717) is 41.7 Å². The molecule has 138 valence electrons.